The van der Waals surface area contributed by atoms with Gasteiger partial charge in [0.2, 0.25) is 0 Å². The second kappa shape index (κ2) is 8.12. The number of nitrogens with zero attached hydrogens (tertiary/aromatic N) is 1. The fraction of sp³-hybridized carbons (Fsp3) is 0.533. The number of alkyl halides is 1. The van der Waals surface area contributed by atoms with Crippen LogP contribution < -0.4 is 0 Å². The molecule has 5 heteroatoms. The van der Waals surface area contributed by atoms with Gasteiger partial charge in [-0.15, -0.1) is 11.6 Å². The van der Waals surface area contributed by atoms with Gasteiger partial charge in [-0.25, -0.2) is 4.79 Å². The first-order chi connectivity index (χ1) is 9.79. The standard InChI is InChI=1S/C15H20ClNO3/c16-8-4-10-19-14-7-9-17(11-14)15(18)20-12-13-5-2-1-3-6-13/h1-3,5-6,14H,4,7-12H2/t14-/m1/s1. The first-order valence-corrected chi connectivity index (χ1v) is 7.46. The summed E-state index contributed by atoms with van der Waals surface area (Å²) in [5, 5.41) is 0. The van der Waals surface area contributed by atoms with E-state index >= 15 is 0 Å². The monoisotopic (exact) mass is 297 g/mol. The Balaban J connectivity index is 1.69. The summed E-state index contributed by atoms with van der Waals surface area (Å²) in [4.78, 5) is 13.6. The van der Waals surface area contributed by atoms with Crippen LogP contribution in [-0.2, 0) is 16.1 Å². The van der Waals surface area contributed by atoms with Crippen LogP contribution in [0.2, 0.25) is 0 Å². The van der Waals surface area contributed by atoms with Crippen molar-refractivity contribution in [1.82, 2.24) is 4.90 Å². The Hall–Kier alpha value is -1.26. The average Bonchev–Trinajstić information content (AvgIpc) is 2.95. The zero-order chi connectivity index (χ0) is 14.2. The quantitative estimate of drug-likeness (QED) is 0.598. The van der Waals surface area contributed by atoms with Crippen LogP contribution in [0, 0.1) is 0 Å². The molecule has 1 amide bonds. The topological polar surface area (TPSA) is 38.8 Å². The van der Waals surface area contributed by atoms with Crippen LogP contribution in [0.4, 0.5) is 4.79 Å². The highest BCUT2D eigenvalue weighted by atomic mass is 35.5. The number of amides is 1. The van der Waals surface area contributed by atoms with Crippen molar-refractivity contribution in [3.63, 3.8) is 0 Å². The summed E-state index contributed by atoms with van der Waals surface area (Å²) < 4.78 is 10.9. The third-order valence-electron chi connectivity index (χ3n) is 3.24. The van der Waals surface area contributed by atoms with Crippen molar-refractivity contribution in [2.24, 2.45) is 0 Å². The summed E-state index contributed by atoms with van der Waals surface area (Å²) in [6.45, 7) is 2.27. The van der Waals surface area contributed by atoms with Gasteiger partial charge < -0.3 is 14.4 Å². The number of carbonyl (C=O) groups is 1. The molecule has 0 saturated carbocycles. The summed E-state index contributed by atoms with van der Waals surface area (Å²) in [5.74, 6) is 0.607. The van der Waals surface area contributed by atoms with Crippen molar-refractivity contribution < 1.29 is 14.3 Å². The molecule has 2 rings (SSSR count). The molecule has 0 unspecified atom stereocenters. The molecule has 1 saturated heterocycles. The Bertz CT molecular complexity index is 413. The van der Waals surface area contributed by atoms with E-state index < -0.39 is 0 Å². The molecule has 1 fully saturated rings. The van der Waals surface area contributed by atoms with Crippen LogP contribution in [0.3, 0.4) is 0 Å². The summed E-state index contributed by atoms with van der Waals surface area (Å²) in [6.07, 6.45) is 1.55. The van der Waals surface area contributed by atoms with E-state index in [0.29, 0.717) is 32.2 Å². The van der Waals surface area contributed by atoms with Gasteiger partial charge in [-0.05, 0) is 18.4 Å². The molecule has 1 heterocycles. The molecule has 4 nitrogen and oxygen atoms in total. The lowest BCUT2D eigenvalue weighted by Crippen LogP contribution is -2.30. The average molecular weight is 298 g/mol. The number of hydrogen-bond donors (Lipinski definition) is 0. The minimum atomic E-state index is -0.266. The third-order valence-corrected chi connectivity index (χ3v) is 3.51. The third kappa shape index (κ3) is 4.69. The van der Waals surface area contributed by atoms with Gasteiger partial charge in [0.25, 0.3) is 0 Å². The maximum Gasteiger partial charge on any atom is 0.410 e. The number of ether oxygens (including phenoxy) is 2. The Labute approximate surface area is 124 Å². The van der Waals surface area contributed by atoms with Gasteiger partial charge in [0.05, 0.1) is 12.6 Å². The fourth-order valence-corrected chi connectivity index (χ4v) is 2.25. The lowest BCUT2D eigenvalue weighted by Gasteiger charge is -2.16. The maximum absolute atomic E-state index is 11.9. The van der Waals surface area contributed by atoms with Crippen LogP contribution in [0.1, 0.15) is 18.4 Å². The summed E-state index contributed by atoms with van der Waals surface area (Å²) in [6, 6.07) is 9.68. The molecule has 0 spiro atoms. The highest BCUT2D eigenvalue weighted by Crippen LogP contribution is 2.15. The Morgan fingerprint density at radius 3 is 2.90 bits per heavy atom. The van der Waals surface area contributed by atoms with Crippen LogP contribution in [0.5, 0.6) is 0 Å². The number of carbonyl (C=O) groups excluding carboxylic acids is 1. The van der Waals surface area contributed by atoms with Crippen molar-refractivity contribution in [3.05, 3.63) is 35.9 Å². The highest BCUT2D eigenvalue weighted by Gasteiger charge is 2.27. The van der Waals surface area contributed by atoms with Gasteiger partial charge in [0, 0.05) is 19.0 Å². The molecule has 20 heavy (non-hydrogen) atoms. The van der Waals surface area contributed by atoms with E-state index in [2.05, 4.69) is 0 Å². The first-order valence-electron chi connectivity index (χ1n) is 6.93. The molecular formula is C15H20ClNO3. The minimum Gasteiger partial charge on any atom is -0.445 e. The first kappa shape index (κ1) is 15.1. The van der Waals surface area contributed by atoms with Crippen LogP contribution >= 0.6 is 11.6 Å². The largest absolute Gasteiger partial charge is 0.445 e. The smallest absolute Gasteiger partial charge is 0.410 e. The number of likely N-dealkylation sites (tertiary alicyclic amines) is 1. The van der Waals surface area contributed by atoms with Crippen LogP contribution in [-0.4, -0.2) is 42.7 Å². The van der Waals surface area contributed by atoms with Crippen LogP contribution in [0.25, 0.3) is 0 Å². The number of halogens is 1. The van der Waals surface area contributed by atoms with E-state index in [9.17, 15) is 4.79 Å². The lowest BCUT2D eigenvalue weighted by molar-refractivity contribution is 0.0546. The van der Waals surface area contributed by atoms with Gasteiger partial charge in [-0.1, -0.05) is 30.3 Å². The summed E-state index contributed by atoms with van der Waals surface area (Å²) in [5.41, 5.74) is 0.995. The van der Waals surface area contributed by atoms with Gasteiger partial charge >= 0.3 is 6.09 Å². The molecule has 1 atom stereocenters. The number of benzene rings is 1. The summed E-state index contributed by atoms with van der Waals surface area (Å²) >= 11 is 5.60. The SMILES string of the molecule is O=C(OCc1ccccc1)N1CC[C@@H](OCCCCl)C1. The highest BCUT2D eigenvalue weighted by molar-refractivity contribution is 6.17. The molecule has 1 aliphatic rings. The Kier molecular flexibility index (Phi) is 6.15. The van der Waals surface area contributed by atoms with Crippen molar-refractivity contribution in [2.75, 3.05) is 25.6 Å². The molecule has 0 aliphatic carbocycles. The molecule has 1 aromatic carbocycles. The number of hydrogen-bond acceptors (Lipinski definition) is 3. The molecule has 0 N–H and O–H groups in total. The molecular weight excluding hydrogens is 278 g/mol. The minimum absolute atomic E-state index is 0.113. The Morgan fingerprint density at radius 2 is 2.15 bits per heavy atom. The van der Waals surface area contributed by atoms with E-state index in [-0.39, 0.29) is 12.2 Å². The maximum atomic E-state index is 11.9. The second-order valence-corrected chi connectivity index (χ2v) is 5.19. The fourth-order valence-electron chi connectivity index (χ4n) is 2.15. The molecule has 1 aliphatic heterocycles. The van der Waals surface area contributed by atoms with Crippen molar-refractivity contribution in [1.29, 1.82) is 0 Å². The van der Waals surface area contributed by atoms with E-state index in [1.165, 1.54) is 0 Å². The van der Waals surface area contributed by atoms with E-state index in [1.807, 2.05) is 30.3 Å². The van der Waals surface area contributed by atoms with Gasteiger partial charge in [0.1, 0.15) is 6.61 Å². The second-order valence-electron chi connectivity index (χ2n) is 4.81. The zero-order valence-corrected chi connectivity index (χ0v) is 12.2. The number of rotatable bonds is 6. The van der Waals surface area contributed by atoms with Crippen LogP contribution in [0.15, 0.2) is 30.3 Å². The Morgan fingerprint density at radius 1 is 1.35 bits per heavy atom. The molecule has 110 valence electrons. The van der Waals surface area contributed by atoms with E-state index in [4.69, 9.17) is 21.1 Å². The molecule has 1 aromatic rings. The van der Waals surface area contributed by atoms with E-state index in [1.54, 1.807) is 4.90 Å². The van der Waals surface area contributed by atoms with E-state index in [0.717, 1.165) is 18.4 Å². The predicted molar refractivity (Wildman–Crippen MR) is 77.9 cm³/mol. The van der Waals surface area contributed by atoms with Gasteiger partial charge in [0.15, 0.2) is 0 Å². The van der Waals surface area contributed by atoms with Gasteiger partial charge in [-0.2, -0.15) is 0 Å². The van der Waals surface area contributed by atoms with Crippen molar-refractivity contribution >= 4 is 17.7 Å². The zero-order valence-electron chi connectivity index (χ0n) is 11.5. The molecule has 0 radical (unpaired) electrons. The molecule has 0 bridgehead atoms. The summed E-state index contributed by atoms with van der Waals surface area (Å²) in [7, 11) is 0. The van der Waals surface area contributed by atoms with Gasteiger partial charge in [-0.3, -0.25) is 0 Å². The normalized spacial score (nSPS) is 18.2. The predicted octanol–water partition coefficient (Wildman–Crippen LogP) is 3.04. The van der Waals surface area contributed by atoms with Crippen molar-refractivity contribution in [3.8, 4) is 0 Å². The van der Waals surface area contributed by atoms with Crippen molar-refractivity contribution in [2.45, 2.75) is 25.6 Å². The molecule has 0 aromatic heterocycles. The lowest BCUT2D eigenvalue weighted by atomic mass is 10.2.